The molecule has 7 heteroatoms. The zero-order chi connectivity index (χ0) is 19.5. The molecule has 142 valence electrons. The highest BCUT2D eigenvalue weighted by Crippen LogP contribution is 2.49. The van der Waals surface area contributed by atoms with Gasteiger partial charge >= 0.3 is 0 Å². The molecule has 27 heavy (non-hydrogen) atoms. The Morgan fingerprint density at radius 3 is 2.48 bits per heavy atom. The van der Waals surface area contributed by atoms with Gasteiger partial charge < -0.3 is 5.32 Å². The quantitative estimate of drug-likeness (QED) is 0.604. The van der Waals surface area contributed by atoms with Gasteiger partial charge in [-0.2, -0.15) is 0 Å². The summed E-state index contributed by atoms with van der Waals surface area (Å²) in [7, 11) is -3.40. The van der Waals surface area contributed by atoms with E-state index in [4.69, 9.17) is 0 Å². The Labute approximate surface area is 168 Å². The van der Waals surface area contributed by atoms with Crippen LogP contribution >= 0.6 is 15.9 Å². The molecule has 2 aromatic rings. The zero-order valence-corrected chi connectivity index (χ0v) is 17.1. The van der Waals surface area contributed by atoms with E-state index >= 15 is 0 Å². The summed E-state index contributed by atoms with van der Waals surface area (Å²) in [5, 5.41) is 2.95. The van der Waals surface area contributed by atoms with Crippen LogP contribution in [0.1, 0.15) is 24.0 Å². The van der Waals surface area contributed by atoms with Crippen molar-refractivity contribution in [2.45, 2.75) is 24.0 Å². The van der Waals surface area contributed by atoms with Crippen LogP contribution in [0.15, 0.2) is 65.7 Å². The molecule has 2 N–H and O–H groups in total. The van der Waals surface area contributed by atoms with E-state index in [9.17, 15) is 13.2 Å². The Balaban J connectivity index is 1.66. The summed E-state index contributed by atoms with van der Waals surface area (Å²) in [6.07, 6.45) is 3.14. The van der Waals surface area contributed by atoms with Crippen LogP contribution in [-0.4, -0.2) is 20.9 Å². The molecule has 0 radical (unpaired) electrons. The summed E-state index contributed by atoms with van der Waals surface area (Å²) in [4.78, 5) is 12.8. The third-order valence-electron chi connectivity index (χ3n) is 4.58. The molecule has 1 aliphatic rings. The number of carbonyl (C=O) groups is 1. The van der Waals surface area contributed by atoms with E-state index in [1.54, 1.807) is 24.3 Å². The van der Waals surface area contributed by atoms with Crippen molar-refractivity contribution < 1.29 is 13.2 Å². The predicted molar refractivity (Wildman–Crippen MR) is 111 cm³/mol. The number of benzene rings is 2. The number of hydrogen-bond donors (Lipinski definition) is 2. The molecule has 0 aliphatic heterocycles. The highest BCUT2D eigenvalue weighted by Gasteiger charge is 2.51. The molecule has 0 unspecified atom stereocenters. The van der Waals surface area contributed by atoms with Crippen molar-refractivity contribution in [2.75, 3.05) is 11.9 Å². The van der Waals surface area contributed by atoms with Gasteiger partial charge in [0, 0.05) is 16.7 Å². The van der Waals surface area contributed by atoms with Crippen molar-refractivity contribution >= 4 is 37.5 Å². The van der Waals surface area contributed by atoms with Crippen molar-refractivity contribution in [3.8, 4) is 0 Å². The van der Waals surface area contributed by atoms with Gasteiger partial charge in [-0.15, -0.1) is 6.58 Å². The maximum absolute atomic E-state index is 12.8. The summed E-state index contributed by atoms with van der Waals surface area (Å²) < 4.78 is 27.2. The van der Waals surface area contributed by atoms with E-state index in [-0.39, 0.29) is 18.2 Å². The normalized spacial score (nSPS) is 15.1. The third-order valence-corrected chi connectivity index (χ3v) is 6.39. The first kappa shape index (κ1) is 19.8. The molecular weight excluding hydrogens is 428 g/mol. The molecule has 1 amide bonds. The van der Waals surface area contributed by atoms with Crippen molar-refractivity contribution in [2.24, 2.45) is 0 Å². The first-order valence-electron chi connectivity index (χ1n) is 8.59. The number of anilines is 1. The Kier molecular flexibility index (Phi) is 5.83. The van der Waals surface area contributed by atoms with Gasteiger partial charge in [-0.25, -0.2) is 13.1 Å². The fraction of sp³-hybridized carbons (Fsp3) is 0.250. The lowest BCUT2D eigenvalue weighted by Gasteiger charge is -2.16. The highest BCUT2D eigenvalue weighted by molar-refractivity contribution is 9.10. The molecule has 1 aliphatic carbocycles. The van der Waals surface area contributed by atoms with E-state index in [2.05, 4.69) is 32.5 Å². The average Bonchev–Trinajstić information content (AvgIpc) is 3.43. The topological polar surface area (TPSA) is 75.3 Å². The van der Waals surface area contributed by atoms with E-state index in [0.717, 1.165) is 22.9 Å². The van der Waals surface area contributed by atoms with Crippen molar-refractivity contribution in [1.82, 2.24) is 4.72 Å². The van der Waals surface area contributed by atoms with Gasteiger partial charge in [0.15, 0.2) is 0 Å². The largest absolute Gasteiger partial charge is 0.325 e. The summed E-state index contributed by atoms with van der Waals surface area (Å²) in [5.41, 5.74) is 1.84. The molecule has 0 saturated heterocycles. The van der Waals surface area contributed by atoms with Crippen LogP contribution in [0.25, 0.3) is 0 Å². The van der Waals surface area contributed by atoms with Crippen molar-refractivity contribution in [3.05, 3.63) is 76.8 Å². The number of nitrogens with one attached hydrogen (secondary N) is 2. The van der Waals surface area contributed by atoms with Crippen molar-refractivity contribution in [3.63, 3.8) is 0 Å². The van der Waals surface area contributed by atoms with Gasteiger partial charge in [-0.1, -0.05) is 46.3 Å². The molecule has 3 rings (SSSR count). The first-order chi connectivity index (χ1) is 12.8. The molecule has 5 nitrogen and oxygen atoms in total. The van der Waals surface area contributed by atoms with Crippen LogP contribution < -0.4 is 10.0 Å². The lowest BCUT2D eigenvalue weighted by molar-refractivity contribution is -0.118. The lowest BCUT2D eigenvalue weighted by atomic mass is 9.95. The summed E-state index contributed by atoms with van der Waals surface area (Å²) in [6.45, 7) is 3.69. The second-order valence-electron chi connectivity index (χ2n) is 6.64. The number of halogens is 1. The number of sulfonamides is 1. The molecular formula is C20H21BrN2O3S. The molecule has 2 aromatic carbocycles. The van der Waals surface area contributed by atoms with Gasteiger partial charge in [0.25, 0.3) is 0 Å². The van der Waals surface area contributed by atoms with Crippen LogP contribution in [0.2, 0.25) is 0 Å². The van der Waals surface area contributed by atoms with Crippen LogP contribution in [0.4, 0.5) is 5.69 Å². The van der Waals surface area contributed by atoms with E-state index in [1.165, 1.54) is 6.08 Å². The average molecular weight is 449 g/mol. The summed E-state index contributed by atoms with van der Waals surface area (Å²) >= 11 is 3.45. The second kappa shape index (κ2) is 7.96. The Morgan fingerprint density at radius 2 is 1.89 bits per heavy atom. The van der Waals surface area contributed by atoms with Gasteiger partial charge in [0.2, 0.25) is 15.9 Å². The fourth-order valence-electron chi connectivity index (χ4n) is 2.95. The van der Waals surface area contributed by atoms with Gasteiger partial charge in [-0.3, -0.25) is 4.79 Å². The monoisotopic (exact) mass is 448 g/mol. The fourth-order valence-corrected chi connectivity index (χ4v) is 4.45. The van der Waals surface area contributed by atoms with Gasteiger partial charge in [0.1, 0.15) is 0 Å². The molecule has 0 heterocycles. The molecule has 0 aromatic heterocycles. The number of amides is 1. The minimum Gasteiger partial charge on any atom is -0.325 e. The van der Waals surface area contributed by atoms with Crippen LogP contribution in [0, 0.1) is 0 Å². The maximum Gasteiger partial charge on any atom is 0.235 e. The standard InChI is InChI=1S/C20H21BrN2O3S/c1-2-12-22-27(25,26)14-15-6-8-18(9-7-15)23-19(24)20(10-11-20)16-4-3-5-17(21)13-16/h2-9,13,22H,1,10-12,14H2,(H,23,24). The highest BCUT2D eigenvalue weighted by atomic mass is 79.9. The van der Waals surface area contributed by atoms with E-state index in [1.807, 2.05) is 24.3 Å². The van der Waals surface area contributed by atoms with Crippen LogP contribution in [-0.2, 0) is 26.0 Å². The lowest BCUT2D eigenvalue weighted by Crippen LogP contribution is -2.27. The Bertz CT molecular complexity index is 951. The maximum atomic E-state index is 12.8. The van der Waals surface area contributed by atoms with E-state index < -0.39 is 15.4 Å². The number of carbonyl (C=O) groups excluding carboxylic acids is 1. The molecule has 1 saturated carbocycles. The van der Waals surface area contributed by atoms with Crippen LogP contribution in [0.3, 0.4) is 0 Å². The minimum absolute atomic E-state index is 0.0337. The molecule has 0 spiro atoms. The number of rotatable bonds is 8. The van der Waals surface area contributed by atoms with Crippen LogP contribution in [0.5, 0.6) is 0 Å². The second-order valence-corrected chi connectivity index (χ2v) is 9.36. The third kappa shape index (κ3) is 4.86. The molecule has 0 atom stereocenters. The van der Waals surface area contributed by atoms with Gasteiger partial charge in [-0.05, 0) is 48.2 Å². The van der Waals surface area contributed by atoms with E-state index in [0.29, 0.717) is 11.3 Å². The predicted octanol–water partition coefficient (Wildman–Crippen LogP) is 3.72. The number of hydrogen-bond acceptors (Lipinski definition) is 3. The first-order valence-corrected chi connectivity index (χ1v) is 11.0. The summed E-state index contributed by atoms with van der Waals surface area (Å²) in [5.74, 6) is -0.148. The zero-order valence-electron chi connectivity index (χ0n) is 14.7. The SMILES string of the molecule is C=CCNS(=O)(=O)Cc1ccc(NC(=O)C2(c3cccc(Br)c3)CC2)cc1. The Morgan fingerprint density at radius 1 is 1.19 bits per heavy atom. The minimum atomic E-state index is -3.40. The smallest absolute Gasteiger partial charge is 0.235 e. The molecule has 1 fully saturated rings. The van der Waals surface area contributed by atoms with Crippen molar-refractivity contribution in [1.29, 1.82) is 0 Å². The summed E-state index contributed by atoms with van der Waals surface area (Å²) in [6, 6.07) is 14.7. The van der Waals surface area contributed by atoms with Gasteiger partial charge in [0.05, 0.1) is 11.2 Å². The molecule has 0 bridgehead atoms. The Hall–Kier alpha value is -1.96.